The molecule has 2 aromatic rings. The van der Waals surface area contributed by atoms with Crippen molar-refractivity contribution in [3.8, 4) is 5.75 Å². The van der Waals surface area contributed by atoms with Gasteiger partial charge in [0, 0.05) is 36.3 Å². The second-order valence-electron chi connectivity index (χ2n) is 10.8. The maximum Gasteiger partial charge on any atom is 0.251 e. The van der Waals surface area contributed by atoms with E-state index in [1.807, 2.05) is 42.5 Å². The minimum absolute atomic E-state index is 0.0131. The lowest BCUT2D eigenvalue weighted by Gasteiger charge is -2.41. The van der Waals surface area contributed by atoms with Gasteiger partial charge in [0.05, 0.1) is 30.3 Å². The summed E-state index contributed by atoms with van der Waals surface area (Å²) in [7, 11) is 1.58. The van der Waals surface area contributed by atoms with Crippen molar-refractivity contribution >= 4 is 40.9 Å². The molecule has 9 heteroatoms. The molecule has 216 valence electrons. The summed E-state index contributed by atoms with van der Waals surface area (Å²) >= 11 is 1.62. The lowest BCUT2D eigenvalue weighted by molar-refractivity contribution is -0.139. The van der Waals surface area contributed by atoms with E-state index in [4.69, 9.17) is 4.74 Å². The van der Waals surface area contributed by atoms with Crippen LogP contribution in [0.15, 0.2) is 79.9 Å². The molecule has 3 amide bonds. The highest BCUT2D eigenvalue weighted by Crippen LogP contribution is 2.69. The maximum absolute atomic E-state index is 14.6. The van der Waals surface area contributed by atoms with Gasteiger partial charge in [-0.15, -0.1) is 24.9 Å². The van der Waals surface area contributed by atoms with Crippen molar-refractivity contribution in [3.63, 3.8) is 0 Å². The Balaban J connectivity index is 1.56. The van der Waals surface area contributed by atoms with Gasteiger partial charge in [-0.1, -0.05) is 37.3 Å². The van der Waals surface area contributed by atoms with Crippen LogP contribution < -0.4 is 14.5 Å². The van der Waals surface area contributed by atoms with E-state index in [9.17, 15) is 19.5 Å². The Labute approximate surface area is 245 Å². The van der Waals surface area contributed by atoms with Crippen LogP contribution in [0.2, 0.25) is 0 Å². The third kappa shape index (κ3) is 4.65. The number of likely N-dealkylation sites (tertiary alicyclic amines) is 1. The first-order valence-corrected chi connectivity index (χ1v) is 14.8. The van der Waals surface area contributed by atoms with E-state index < -0.39 is 22.6 Å². The number of rotatable bonds is 11. The molecule has 41 heavy (non-hydrogen) atoms. The van der Waals surface area contributed by atoms with Crippen LogP contribution in [0.1, 0.15) is 13.3 Å². The summed E-state index contributed by atoms with van der Waals surface area (Å²) in [5, 5.41) is 9.90. The van der Waals surface area contributed by atoms with Crippen molar-refractivity contribution in [2.75, 3.05) is 43.2 Å². The number of methoxy groups -OCH3 is 1. The molecule has 3 unspecified atom stereocenters. The first-order chi connectivity index (χ1) is 19.8. The van der Waals surface area contributed by atoms with Gasteiger partial charge in [-0.05, 0) is 48.7 Å². The zero-order valence-corrected chi connectivity index (χ0v) is 24.3. The average Bonchev–Trinajstić information content (AvgIpc) is 3.58. The summed E-state index contributed by atoms with van der Waals surface area (Å²) in [6, 6.07) is 15.8. The van der Waals surface area contributed by atoms with Gasteiger partial charge in [0.25, 0.3) is 5.91 Å². The predicted octanol–water partition coefficient (Wildman–Crippen LogP) is 3.76. The summed E-state index contributed by atoms with van der Waals surface area (Å²) in [5.74, 6) is -1.19. The molecular formula is C32H37N3O5S. The monoisotopic (exact) mass is 575 g/mol. The van der Waals surface area contributed by atoms with Crippen LogP contribution in [-0.4, -0.2) is 77.1 Å². The van der Waals surface area contributed by atoms with Crippen molar-refractivity contribution in [3.05, 3.63) is 79.9 Å². The van der Waals surface area contributed by atoms with Crippen LogP contribution >= 0.6 is 11.8 Å². The summed E-state index contributed by atoms with van der Waals surface area (Å²) in [6.07, 6.45) is 4.07. The van der Waals surface area contributed by atoms with Gasteiger partial charge in [0.15, 0.2) is 0 Å². The Hall–Kier alpha value is -3.56. The van der Waals surface area contributed by atoms with E-state index in [-0.39, 0.29) is 48.6 Å². The Morgan fingerprint density at radius 3 is 2.24 bits per heavy atom. The van der Waals surface area contributed by atoms with E-state index in [0.29, 0.717) is 18.0 Å². The molecule has 0 radical (unpaired) electrons. The van der Waals surface area contributed by atoms with Gasteiger partial charge in [-0.2, -0.15) is 0 Å². The van der Waals surface area contributed by atoms with Gasteiger partial charge < -0.3 is 24.5 Å². The van der Waals surface area contributed by atoms with Crippen molar-refractivity contribution < 1.29 is 24.2 Å². The Bertz CT molecular complexity index is 1320. The van der Waals surface area contributed by atoms with Crippen LogP contribution in [0.4, 0.5) is 11.4 Å². The number of aliphatic hydroxyl groups is 1. The molecule has 1 spiro atoms. The van der Waals surface area contributed by atoms with Gasteiger partial charge >= 0.3 is 0 Å². The Kier molecular flexibility index (Phi) is 8.29. The van der Waals surface area contributed by atoms with Crippen LogP contribution in [0, 0.1) is 17.8 Å². The van der Waals surface area contributed by atoms with Crippen molar-refractivity contribution in [2.45, 2.75) is 29.4 Å². The molecule has 3 fully saturated rings. The number of benzene rings is 2. The zero-order valence-electron chi connectivity index (χ0n) is 23.5. The first kappa shape index (κ1) is 29.0. The fourth-order valence-corrected chi connectivity index (χ4v) is 9.44. The normalized spacial score (nSPS) is 27.8. The summed E-state index contributed by atoms with van der Waals surface area (Å²) in [5.41, 5.74) is 1.40. The maximum atomic E-state index is 14.6. The number of para-hydroxylation sites is 1. The molecule has 0 aromatic heterocycles. The predicted molar refractivity (Wildman–Crippen MR) is 162 cm³/mol. The molecular weight excluding hydrogens is 538 g/mol. The molecule has 2 bridgehead atoms. The van der Waals surface area contributed by atoms with Crippen molar-refractivity contribution in [1.82, 2.24) is 4.90 Å². The number of thioether (sulfide) groups is 1. The number of amides is 3. The van der Waals surface area contributed by atoms with E-state index in [2.05, 4.69) is 20.1 Å². The van der Waals surface area contributed by atoms with Gasteiger partial charge in [0.2, 0.25) is 11.8 Å². The molecule has 5 rings (SSSR count). The molecule has 1 N–H and O–H groups in total. The van der Waals surface area contributed by atoms with Crippen molar-refractivity contribution in [1.29, 1.82) is 0 Å². The molecule has 2 aromatic carbocycles. The van der Waals surface area contributed by atoms with E-state index >= 15 is 0 Å². The minimum atomic E-state index is -0.832. The fraction of sp³-hybridized carbons (Fsp3) is 0.406. The highest BCUT2D eigenvalue weighted by Gasteiger charge is 2.76. The Morgan fingerprint density at radius 2 is 1.66 bits per heavy atom. The fourth-order valence-electron chi connectivity index (χ4n) is 7.03. The smallest absolute Gasteiger partial charge is 0.251 e. The second kappa shape index (κ2) is 11.7. The number of hydrogen-bond acceptors (Lipinski definition) is 6. The molecule has 3 saturated heterocycles. The van der Waals surface area contributed by atoms with Crippen molar-refractivity contribution in [2.24, 2.45) is 17.8 Å². The van der Waals surface area contributed by atoms with Gasteiger partial charge in [0.1, 0.15) is 11.8 Å². The minimum Gasteiger partial charge on any atom is -0.497 e. The van der Waals surface area contributed by atoms with Crippen LogP contribution in [0.3, 0.4) is 0 Å². The summed E-state index contributed by atoms with van der Waals surface area (Å²) in [4.78, 5) is 48.0. The lowest BCUT2D eigenvalue weighted by Crippen LogP contribution is -2.58. The molecule has 8 nitrogen and oxygen atoms in total. The number of aliphatic hydroxyl groups excluding tert-OH is 1. The SMILES string of the molecule is C=CCN(C(=O)C1N(CCO)C(=O)[C@@H]2[C@@H](C(=O)N(CC=C)c3ccccc3)[C@H]3CC(C)C12S3)c1ccc(OC)cc1. The quantitative estimate of drug-likeness (QED) is 0.411. The highest BCUT2D eigenvalue weighted by molar-refractivity contribution is 8.02. The van der Waals surface area contributed by atoms with E-state index in [0.717, 1.165) is 12.1 Å². The molecule has 3 aliphatic rings. The molecule has 3 heterocycles. The third-order valence-corrected chi connectivity index (χ3v) is 10.8. The van der Waals surface area contributed by atoms with E-state index in [1.54, 1.807) is 53.0 Å². The van der Waals surface area contributed by atoms with Crippen LogP contribution in [-0.2, 0) is 14.4 Å². The number of carbonyl (C=O) groups excluding carboxylic acids is 3. The molecule has 6 atom stereocenters. The van der Waals surface area contributed by atoms with Crippen LogP contribution in [0.5, 0.6) is 5.75 Å². The summed E-state index contributed by atoms with van der Waals surface area (Å²) < 4.78 is 4.50. The Morgan fingerprint density at radius 1 is 1.05 bits per heavy atom. The molecule has 3 aliphatic heterocycles. The number of hydrogen-bond donors (Lipinski definition) is 1. The topological polar surface area (TPSA) is 90.4 Å². The number of ether oxygens (including phenoxy) is 1. The highest BCUT2D eigenvalue weighted by atomic mass is 32.2. The second-order valence-corrected chi connectivity index (χ2v) is 12.4. The number of anilines is 2. The summed E-state index contributed by atoms with van der Waals surface area (Å²) in [6.45, 7) is 10.1. The van der Waals surface area contributed by atoms with Gasteiger partial charge in [-0.3, -0.25) is 14.4 Å². The first-order valence-electron chi connectivity index (χ1n) is 14.0. The van der Waals surface area contributed by atoms with Crippen LogP contribution in [0.25, 0.3) is 0 Å². The largest absolute Gasteiger partial charge is 0.497 e. The number of carbonyl (C=O) groups is 3. The molecule has 0 aliphatic carbocycles. The standard InChI is InChI=1S/C32H37N3O5S/c1-5-16-33(22-10-8-7-9-11-22)29(37)26-25-20-21(3)32(41-25)27(26)30(38)35(18-19-36)28(32)31(39)34(17-6-2)23-12-14-24(40-4)15-13-23/h5-15,21,25-28,36H,1-2,16-20H2,3-4H3/t21?,25-,26+,27+,28?,32?/m1/s1. The zero-order chi connectivity index (χ0) is 29.3. The number of nitrogens with zero attached hydrogens (tertiary/aromatic N) is 3. The molecule has 0 saturated carbocycles. The number of β-amino-alcohol motifs (C(OH)–C–C–N with tert-alkyl or cyclic N) is 1. The number of fused-ring (bicyclic) bond motifs is 1. The third-order valence-electron chi connectivity index (χ3n) is 8.71. The average molecular weight is 576 g/mol. The van der Waals surface area contributed by atoms with E-state index in [1.165, 1.54) is 4.90 Å². The lowest BCUT2D eigenvalue weighted by atomic mass is 9.65. The van der Waals surface area contributed by atoms with Gasteiger partial charge in [-0.25, -0.2) is 0 Å².